The fourth-order valence-corrected chi connectivity index (χ4v) is 2.17. The first kappa shape index (κ1) is 8.82. The highest BCUT2D eigenvalue weighted by Crippen LogP contribution is 2.36. The van der Waals surface area contributed by atoms with Crippen molar-refractivity contribution in [2.24, 2.45) is 5.73 Å². The van der Waals surface area contributed by atoms with Crippen molar-refractivity contribution >= 4 is 0 Å². The molecule has 0 radical (unpaired) electrons. The maximum atomic E-state index is 5.92. The van der Waals surface area contributed by atoms with E-state index in [9.17, 15) is 0 Å². The van der Waals surface area contributed by atoms with Gasteiger partial charge in [0.15, 0.2) is 0 Å². The predicted octanol–water partition coefficient (Wildman–Crippen LogP) is 2.22. The zero-order chi connectivity index (χ0) is 9.42. The van der Waals surface area contributed by atoms with Crippen molar-refractivity contribution in [3.63, 3.8) is 0 Å². The Labute approximate surface area is 79.1 Å². The van der Waals surface area contributed by atoms with Crippen LogP contribution in [-0.2, 0) is 12.8 Å². The van der Waals surface area contributed by atoms with Gasteiger partial charge in [-0.1, -0.05) is 6.92 Å². The van der Waals surface area contributed by atoms with E-state index in [1.54, 1.807) is 0 Å². The highest BCUT2D eigenvalue weighted by Gasteiger charge is 2.28. The fraction of sp³-hybridized carbons (Fsp3) is 0.636. The molecule has 2 atom stereocenters. The molecule has 13 heavy (non-hydrogen) atoms. The van der Waals surface area contributed by atoms with Gasteiger partial charge in [0.25, 0.3) is 0 Å². The second-order valence-corrected chi connectivity index (χ2v) is 3.95. The van der Waals surface area contributed by atoms with E-state index in [4.69, 9.17) is 10.2 Å². The van der Waals surface area contributed by atoms with Crippen molar-refractivity contribution in [2.45, 2.75) is 45.1 Å². The molecule has 0 aromatic carbocycles. The molecular weight excluding hydrogens is 162 g/mol. The minimum atomic E-state index is 0.253. The van der Waals surface area contributed by atoms with Crippen LogP contribution in [0.2, 0.25) is 0 Å². The van der Waals surface area contributed by atoms with Crippen LogP contribution < -0.4 is 5.73 Å². The van der Waals surface area contributed by atoms with Crippen LogP contribution in [0.25, 0.3) is 0 Å². The number of aryl methyl sites for hydroxylation is 2. The Hall–Kier alpha value is -0.760. The van der Waals surface area contributed by atoms with E-state index < -0.39 is 0 Å². The van der Waals surface area contributed by atoms with Gasteiger partial charge in [-0.3, -0.25) is 0 Å². The number of hydrogen-bond donors (Lipinski definition) is 1. The molecule has 1 aliphatic rings. The SMILES string of the molecule is CCc1cc2c(o1)CCC2C(C)N. The summed E-state index contributed by atoms with van der Waals surface area (Å²) in [4.78, 5) is 0. The second-order valence-electron chi connectivity index (χ2n) is 3.95. The van der Waals surface area contributed by atoms with Crippen LogP contribution in [0.5, 0.6) is 0 Å². The molecule has 1 aliphatic carbocycles. The summed E-state index contributed by atoms with van der Waals surface area (Å²) in [6.07, 6.45) is 3.22. The zero-order valence-electron chi connectivity index (χ0n) is 8.34. The minimum absolute atomic E-state index is 0.253. The van der Waals surface area contributed by atoms with E-state index in [1.165, 1.54) is 11.3 Å². The number of hydrogen-bond acceptors (Lipinski definition) is 2. The van der Waals surface area contributed by atoms with Gasteiger partial charge < -0.3 is 10.2 Å². The molecule has 0 amide bonds. The maximum Gasteiger partial charge on any atom is 0.107 e. The van der Waals surface area contributed by atoms with Crippen molar-refractivity contribution in [1.29, 1.82) is 0 Å². The normalized spacial score (nSPS) is 23.2. The van der Waals surface area contributed by atoms with Gasteiger partial charge >= 0.3 is 0 Å². The van der Waals surface area contributed by atoms with Crippen molar-refractivity contribution in [2.75, 3.05) is 0 Å². The van der Waals surface area contributed by atoms with Gasteiger partial charge in [-0.25, -0.2) is 0 Å². The van der Waals surface area contributed by atoms with E-state index in [2.05, 4.69) is 19.9 Å². The molecule has 0 saturated heterocycles. The maximum absolute atomic E-state index is 5.92. The van der Waals surface area contributed by atoms with Crippen LogP contribution in [0.3, 0.4) is 0 Å². The van der Waals surface area contributed by atoms with Gasteiger partial charge in [0.1, 0.15) is 11.5 Å². The molecule has 0 aliphatic heterocycles. The predicted molar refractivity (Wildman–Crippen MR) is 52.8 cm³/mol. The third kappa shape index (κ3) is 1.39. The minimum Gasteiger partial charge on any atom is -0.466 e. The van der Waals surface area contributed by atoms with Crippen LogP contribution in [0.4, 0.5) is 0 Å². The lowest BCUT2D eigenvalue weighted by molar-refractivity contribution is 0.470. The van der Waals surface area contributed by atoms with E-state index >= 15 is 0 Å². The van der Waals surface area contributed by atoms with E-state index in [0.29, 0.717) is 5.92 Å². The molecule has 72 valence electrons. The van der Waals surface area contributed by atoms with E-state index in [-0.39, 0.29) is 6.04 Å². The standard InChI is InChI=1S/C11H17NO/c1-3-8-6-10-9(7(2)12)4-5-11(10)13-8/h6-7,9H,3-5,12H2,1-2H3. The largest absolute Gasteiger partial charge is 0.466 e. The number of furan rings is 1. The molecule has 2 rings (SSSR count). The number of fused-ring (bicyclic) bond motifs is 1. The van der Waals surface area contributed by atoms with Gasteiger partial charge in [0.2, 0.25) is 0 Å². The molecule has 0 saturated carbocycles. The van der Waals surface area contributed by atoms with Crippen LogP contribution in [0.1, 0.15) is 43.3 Å². The van der Waals surface area contributed by atoms with E-state index in [0.717, 1.165) is 25.0 Å². The zero-order valence-corrected chi connectivity index (χ0v) is 8.34. The first-order valence-corrected chi connectivity index (χ1v) is 5.09. The molecule has 2 heteroatoms. The first-order valence-electron chi connectivity index (χ1n) is 5.09. The highest BCUT2D eigenvalue weighted by molar-refractivity contribution is 5.31. The highest BCUT2D eigenvalue weighted by atomic mass is 16.3. The number of rotatable bonds is 2. The number of nitrogens with two attached hydrogens (primary N) is 1. The topological polar surface area (TPSA) is 39.2 Å². The molecule has 0 fully saturated rings. The Morgan fingerprint density at radius 3 is 3.08 bits per heavy atom. The van der Waals surface area contributed by atoms with Gasteiger partial charge in [-0.15, -0.1) is 0 Å². The summed E-state index contributed by atoms with van der Waals surface area (Å²) < 4.78 is 5.70. The Morgan fingerprint density at radius 1 is 1.69 bits per heavy atom. The monoisotopic (exact) mass is 179 g/mol. The molecule has 2 N–H and O–H groups in total. The van der Waals surface area contributed by atoms with Crippen LogP contribution in [-0.4, -0.2) is 6.04 Å². The van der Waals surface area contributed by atoms with Crippen molar-refractivity contribution in [1.82, 2.24) is 0 Å². The van der Waals surface area contributed by atoms with Gasteiger partial charge in [-0.2, -0.15) is 0 Å². The average molecular weight is 179 g/mol. The second kappa shape index (κ2) is 3.18. The Morgan fingerprint density at radius 2 is 2.46 bits per heavy atom. The molecule has 1 aromatic heterocycles. The fourth-order valence-electron chi connectivity index (χ4n) is 2.17. The Kier molecular flexibility index (Phi) is 2.16. The quantitative estimate of drug-likeness (QED) is 0.756. The summed E-state index contributed by atoms with van der Waals surface area (Å²) in [5.74, 6) is 2.81. The Balaban J connectivity index is 2.30. The van der Waals surface area contributed by atoms with Crippen molar-refractivity contribution in [3.8, 4) is 0 Å². The third-order valence-corrected chi connectivity index (χ3v) is 2.96. The van der Waals surface area contributed by atoms with Gasteiger partial charge in [0.05, 0.1) is 0 Å². The summed E-state index contributed by atoms with van der Waals surface area (Å²) in [5.41, 5.74) is 7.29. The Bertz CT molecular complexity index is 301. The van der Waals surface area contributed by atoms with Crippen LogP contribution in [0.15, 0.2) is 10.5 Å². The van der Waals surface area contributed by atoms with Crippen molar-refractivity contribution in [3.05, 3.63) is 23.2 Å². The van der Waals surface area contributed by atoms with Gasteiger partial charge in [0, 0.05) is 24.8 Å². The van der Waals surface area contributed by atoms with Crippen molar-refractivity contribution < 1.29 is 4.42 Å². The summed E-state index contributed by atoms with van der Waals surface area (Å²) in [5, 5.41) is 0. The van der Waals surface area contributed by atoms with E-state index in [1.807, 2.05) is 0 Å². The summed E-state index contributed by atoms with van der Waals surface area (Å²) in [7, 11) is 0. The lowest BCUT2D eigenvalue weighted by Crippen LogP contribution is -2.22. The molecule has 2 unspecified atom stereocenters. The summed E-state index contributed by atoms with van der Waals surface area (Å²) in [6, 6.07) is 2.44. The molecule has 0 spiro atoms. The molecular formula is C11H17NO. The lowest BCUT2D eigenvalue weighted by atomic mass is 9.96. The van der Waals surface area contributed by atoms with Crippen LogP contribution in [0, 0.1) is 0 Å². The lowest BCUT2D eigenvalue weighted by Gasteiger charge is -2.13. The smallest absolute Gasteiger partial charge is 0.107 e. The third-order valence-electron chi connectivity index (χ3n) is 2.96. The molecule has 1 aromatic rings. The first-order chi connectivity index (χ1) is 6.22. The van der Waals surface area contributed by atoms with Crippen LogP contribution >= 0.6 is 0 Å². The summed E-state index contributed by atoms with van der Waals surface area (Å²) >= 11 is 0. The van der Waals surface area contributed by atoms with Gasteiger partial charge in [-0.05, 0) is 25.0 Å². The summed E-state index contributed by atoms with van der Waals surface area (Å²) in [6.45, 7) is 4.20. The molecule has 0 bridgehead atoms. The average Bonchev–Trinajstić information content (AvgIpc) is 2.59. The molecule has 2 nitrogen and oxygen atoms in total. The molecule has 1 heterocycles.